The van der Waals surface area contributed by atoms with Gasteiger partial charge >= 0.3 is 0 Å². The summed E-state index contributed by atoms with van der Waals surface area (Å²) in [6.45, 7) is 1.60. The van der Waals surface area contributed by atoms with Crippen molar-refractivity contribution in [2.45, 2.75) is 51.7 Å². The molecule has 138 valence electrons. The number of aliphatic hydroxyl groups excluding tert-OH is 1. The predicted molar refractivity (Wildman–Crippen MR) is 96.8 cm³/mol. The minimum Gasteiger partial charge on any atom is -0.491 e. The van der Waals surface area contributed by atoms with Gasteiger partial charge in [0, 0.05) is 30.6 Å². The smallest absolute Gasteiger partial charge is 0.223 e. The first-order valence-electron chi connectivity index (χ1n) is 9.43. The number of H-pyrrole nitrogens is 1. The van der Waals surface area contributed by atoms with Gasteiger partial charge in [0.05, 0.1) is 18.8 Å². The number of hydrogen-bond acceptors (Lipinski definition) is 4. The Hall–Kier alpha value is -2.34. The second kappa shape index (κ2) is 7.50. The molecule has 0 bridgehead atoms. The number of rotatable bonds is 4. The van der Waals surface area contributed by atoms with Crippen molar-refractivity contribution in [2.75, 3.05) is 13.2 Å². The van der Waals surface area contributed by atoms with E-state index in [-0.39, 0.29) is 12.5 Å². The summed E-state index contributed by atoms with van der Waals surface area (Å²) in [6.07, 6.45) is 5.73. The van der Waals surface area contributed by atoms with Crippen LogP contribution in [0.25, 0.3) is 0 Å². The third kappa shape index (κ3) is 3.46. The van der Waals surface area contributed by atoms with Gasteiger partial charge in [-0.05, 0) is 48.9 Å². The van der Waals surface area contributed by atoms with Gasteiger partial charge in [0.2, 0.25) is 5.91 Å². The van der Waals surface area contributed by atoms with E-state index in [1.54, 1.807) is 0 Å². The number of aryl methyl sites for hydroxylation is 2. The lowest BCUT2D eigenvalue weighted by Gasteiger charge is -2.20. The molecule has 0 unspecified atom stereocenters. The summed E-state index contributed by atoms with van der Waals surface area (Å²) >= 11 is 0. The van der Waals surface area contributed by atoms with E-state index in [1.165, 1.54) is 24.1 Å². The molecular formula is C20H25N3O3. The van der Waals surface area contributed by atoms with E-state index in [2.05, 4.69) is 10.2 Å². The fraction of sp³-hybridized carbons (Fsp3) is 0.500. The Kier molecular flexibility index (Phi) is 4.93. The topological polar surface area (TPSA) is 78.5 Å². The SMILES string of the molecule is O=C(CCc1n[nH]c2c1CCCC2)N1CCOc2ccc(CO)cc2C1. The average Bonchev–Trinajstić information content (AvgIpc) is 2.96. The van der Waals surface area contributed by atoms with E-state index in [1.807, 2.05) is 23.1 Å². The molecule has 4 rings (SSSR count). The highest BCUT2D eigenvalue weighted by Crippen LogP contribution is 2.26. The summed E-state index contributed by atoms with van der Waals surface area (Å²) in [5.74, 6) is 0.933. The van der Waals surface area contributed by atoms with E-state index >= 15 is 0 Å². The normalized spacial score (nSPS) is 16.4. The van der Waals surface area contributed by atoms with E-state index in [0.717, 1.165) is 35.4 Å². The third-order valence-corrected chi connectivity index (χ3v) is 5.36. The first-order chi connectivity index (χ1) is 12.7. The molecule has 6 heteroatoms. The van der Waals surface area contributed by atoms with Crippen LogP contribution in [0.2, 0.25) is 0 Å². The number of aromatic nitrogens is 2. The van der Waals surface area contributed by atoms with Crippen molar-refractivity contribution in [1.82, 2.24) is 15.1 Å². The first kappa shape index (κ1) is 17.1. The molecule has 0 radical (unpaired) electrons. The summed E-state index contributed by atoms with van der Waals surface area (Å²) in [7, 11) is 0. The number of hydrogen-bond donors (Lipinski definition) is 2. The molecule has 0 atom stereocenters. The number of nitrogens with zero attached hydrogens (tertiary/aromatic N) is 2. The zero-order valence-corrected chi connectivity index (χ0v) is 15.0. The molecule has 6 nitrogen and oxygen atoms in total. The molecule has 1 amide bonds. The Labute approximate surface area is 153 Å². The van der Waals surface area contributed by atoms with E-state index in [4.69, 9.17) is 4.74 Å². The van der Waals surface area contributed by atoms with Crippen LogP contribution < -0.4 is 4.74 Å². The fourth-order valence-electron chi connectivity index (χ4n) is 3.90. The second-order valence-electron chi connectivity index (χ2n) is 7.10. The zero-order valence-electron chi connectivity index (χ0n) is 15.0. The number of benzene rings is 1. The molecule has 2 heterocycles. The highest BCUT2D eigenvalue weighted by molar-refractivity contribution is 5.76. The molecule has 1 aromatic carbocycles. The van der Waals surface area contributed by atoms with Crippen LogP contribution in [0.4, 0.5) is 0 Å². The number of aliphatic hydroxyl groups is 1. The highest BCUT2D eigenvalue weighted by Gasteiger charge is 2.22. The van der Waals surface area contributed by atoms with Crippen molar-refractivity contribution in [3.8, 4) is 5.75 Å². The highest BCUT2D eigenvalue weighted by atomic mass is 16.5. The molecule has 1 aliphatic heterocycles. The monoisotopic (exact) mass is 355 g/mol. The van der Waals surface area contributed by atoms with Gasteiger partial charge in [-0.25, -0.2) is 0 Å². The van der Waals surface area contributed by atoms with Crippen molar-refractivity contribution in [3.05, 3.63) is 46.3 Å². The maximum Gasteiger partial charge on any atom is 0.223 e. The molecule has 2 aromatic rings. The molecule has 0 saturated heterocycles. The number of aromatic amines is 1. The Morgan fingerprint density at radius 1 is 1.31 bits per heavy atom. The second-order valence-corrected chi connectivity index (χ2v) is 7.10. The number of amides is 1. The first-order valence-corrected chi connectivity index (χ1v) is 9.43. The quantitative estimate of drug-likeness (QED) is 0.881. The van der Waals surface area contributed by atoms with Crippen LogP contribution in [-0.2, 0) is 37.2 Å². The molecule has 1 aliphatic carbocycles. The molecular weight excluding hydrogens is 330 g/mol. The molecule has 1 aromatic heterocycles. The van der Waals surface area contributed by atoms with Gasteiger partial charge < -0.3 is 14.7 Å². The zero-order chi connectivity index (χ0) is 17.9. The van der Waals surface area contributed by atoms with Crippen molar-refractivity contribution in [1.29, 1.82) is 0 Å². The van der Waals surface area contributed by atoms with Crippen molar-refractivity contribution >= 4 is 5.91 Å². The number of carbonyl (C=O) groups excluding carboxylic acids is 1. The number of fused-ring (bicyclic) bond motifs is 2. The summed E-state index contributed by atoms with van der Waals surface area (Å²) < 4.78 is 5.76. The van der Waals surface area contributed by atoms with Crippen molar-refractivity contribution in [3.63, 3.8) is 0 Å². The van der Waals surface area contributed by atoms with Gasteiger partial charge in [-0.3, -0.25) is 9.89 Å². The summed E-state index contributed by atoms with van der Waals surface area (Å²) in [6, 6.07) is 5.66. The van der Waals surface area contributed by atoms with Crippen LogP contribution >= 0.6 is 0 Å². The standard InChI is InChI=1S/C20H25N3O3/c24-13-14-5-7-19-15(11-14)12-23(9-10-26-19)20(25)8-6-18-16-3-1-2-4-17(16)21-22-18/h5,7,11,24H,1-4,6,8-10,12-13H2,(H,21,22). The maximum absolute atomic E-state index is 12.8. The van der Waals surface area contributed by atoms with Gasteiger partial charge in [-0.2, -0.15) is 5.10 Å². The Morgan fingerprint density at radius 3 is 3.08 bits per heavy atom. The summed E-state index contributed by atoms with van der Waals surface area (Å²) in [4.78, 5) is 14.6. The lowest BCUT2D eigenvalue weighted by Crippen LogP contribution is -2.32. The predicted octanol–water partition coefficient (Wildman–Crippen LogP) is 2.13. The minimum atomic E-state index is -0.00844. The van der Waals surface area contributed by atoms with Gasteiger partial charge in [0.1, 0.15) is 12.4 Å². The number of ether oxygens (including phenoxy) is 1. The van der Waals surface area contributed by atoms with Crippen LogP contribution in [0, 0.1) is 0 Å². The molecule has 2 aliphatic rings. The summed E-state index contributed by atoms with van der Waals surface area (Å²) in [5.41, 5.74) is 5.44. The van der Waals surface area contributed by atoms with E-state index in [0.29, 0.717) is 32.5 Å². The van der Waals surface area contributed by atoms with Crippen LogP contribution in [0.5, 0.6) is 5.75 Å². The minimum absolute atomic E-state index is 0.00844. The van der Waals surface area contributed by atoms with Gasteiger partial charge in [0.15, 0.2) is 0 Å². The Balaban J connectivity index is 1.42. The van der Waals surface area contributed by atoms with Crippen LogP contribution in [0.1, 0.15) is 47.3 Å². The maximum atomic E-state index is 12.8. The van der Waals surface area contributed by atoms with Crippen molar-refractivity contribution in [2.24, 2.45) is 0 Å². The average molecular weight is 355 g/mol. The van der Waals surface area contributed by atoms with Crippen LogP contribution in [0.15, 0.2) is 18.2 Å². The van der Waals surface area contributed by atoms with Gasteiger partial charge in [-0.1, -0.05) is 6.07 Å². The van der Waals surface area contributed by atoms with Crippen LogP contribution in [-0.4, -0.2) is 39.3 Å². The Morgan fingerprint density at radius 2 is 2.19 bits per heavy atom. The Bertz CT molecular complexity index is 800. The summed E-state index contributed by atoms with van der Waals surface area (Å²) in [5, 5.41) is 16.9. The fourth-order valence-corrected chi connectivity index (χ4v) is 3.90. The van der Waals surface area contributed by atoms with E-state index in [9.17, 15) is 9.90 Å². The van der Waals surface area contributed by atoms with Crippen molar-refractivity contribution < 1.29 is 14.6 Å². The van der Waals surface area contributed by atoms with Crippen LogP contribution in [0.3, 0.4) is 0 Å². The molecule has 0 spiro atoms. The lowest BCUT2D eigenvalue weighted by molar-refractivity contribution is -0.131. The number of carbonyl (C=O) groups is 1. The number of nitrogens with one attached hydrogen (secondary N) is 1. The van der Waals surface area contributed by atoms with Gasteiger partial charge in [-0.15, -0.1) is 0 Å². The van der Waals surface area contributed by atoms with Gasteiger partial charge in [0.25, 0.3) is 0 Å². The largest absolute Gasteiger partial charge is 0.491 e. The molecule has 0 saturated carbocycles. The lowest BCUT2D eigenvalue weighted by atomic mass is 9.94. The molecule has 2 N–H and O–H groups in total. The third-order valence-electron chi connectivity index (χ3n) is 5.36. The van der Waals surface area contributed by atoms with E-state index < -0.39 is 0 Å². The molecule has 0 fully saturated rings. The molecule has 26 heavy (non-hydrogen) atoms.